The molecule has 0 saturated heterocycles. The molecule has 0 bridgehead atoms. The number of fused-ring (bicyclic) bond motifs is 1. The Bertz CT molecular complexity index is 2880. The lowest BCUT2D eigenvalue weighted by Gasteiger charge is -2.28. The zero-order valence-electron chi connectivity index (χ0n) is 48.9. The number of hydrogen-bond donors (Lipinski definition) is 0. The highest BCUT2D eigenvalue weighted by Crippen LogP contribution is 2.35. The molecule has 19 heteroatoms. The van der Waals surface area contributed by atoms with Crippen LogP contribution in [0.1, 0.15) is 115 Å². The molecule has 456 valence electrons. The van der Waals surface area contributed by atoms with Gasteiger partial charge in [-0.1, -0.05) is 36.6 Å². The van der Waals surface area contributed by atoms with Gasteiger partial charge in [0.15, 0.2) is 0 Å². The Labute approximate surface area is 502 Å². The molecule has 4 aromatic carbocycles. The molecule has 1 aromatic heterocycles. The summed E-state index contributed by atoms with van der Waals surface area (Å²) in [6.45, 7) is 10.5. The summed E-state index contributed by atoms with van der Waals surface area (Å²) < 4.78 is 58.1. The number of benzene rings is 4. The van der Waals surface area contributed by atoms with Crippen molar-refractivity contribution >= 4 is 62.7 Å². The number of carbonyl (C=O) groups is 5. The van der Waals surface area contributed by atoms with E-state index in [0.29, 0.717) is 124 Å². The van der Waals surface area contributed by atoms with E-state index in [1.807, 2.05) is 42.5 Å². The molecular weight excluding hydrogens is 1110 g/mol. The molecule has 2 aliphatic carbocycles. The van der Waals surface area contributed by atoms with E-state index >= 15 is 0 Å². The topological polar surface area (TPSA) is 206 Å². The average Bonchev–Trinajstić information content (AvgIpc) is 4.25. The van der Waals surface area contributed by atoms with E-state index in [1.54, 1.807) is 61.9 Å². The Balaban J connectivity index is 0.903. The van der Waals surface area contributed by atoms with Crippen LogP contribution in [0.5, 0.6) is 34.5 Å². The van der Waals surface area contributed by atoms with Crippen LogP contribution in [0.2, 0.25) is 0 Å². The number of carbonyl (C=O) groups excluding carboxylic acids is 5. The number of aromatic nitrogens is 1. The van der Waals surface area contributed by atoms with Crippen LogP contribution >= 0.6 is 11.3 Å². The molecule has 0 unspecified atom stereocenters. The summed E-state index contributed by atoms with van der Waals surface area (Å²) >= 11 is 1.36. The summed E-state index contributed by atoms with van der Waals surface area (Å²) in [5.74, 6) is 1.85. The molecule has 0 atom stereocenters. The molecule has 0 aliphatic heterocycles. The number of unbranched alkanes of at least 4 members (excludes halogenated alkanes) is 6. The molecule has 1 amide bonds. The van der Waals surface area contributed by atoms with Crippen molar-refractivity contribution in [3.05, 3.63) is 122 Å². The van der Waals surface area contributed by atoms with E-state index in [4.69, 9.17) is 57.5 Å². The van der Waals surface area contributed by atoms with Crippen molar-refractivity contribution in [2.45, 2.75) is 109 Å². The van der Waals surface area contributed by atoms with Crippen LogP contribution in [0.3, 0.4) is 0 Å². The van der Waals surface area contributed by atoms with E-state index < -0.39 is 11.9 Å². The number of nitrogens with zero attached hydrogens (tertiary/aromatic N) is 3. The number of amides is 1. The standard InChI is InChI=1S/C66H81N3O15S/c1-4-62(71)79-39-14-8-6-12-37-77-53-26-30-55(31-27-53)83-64(73)50-22-18-48(19-23-50)46-81-57-34-35-59(52(44-57)45-67-69(61(70)36-41-76-43-42-75-3)66-68-58-16-10-11-17-60(58)85-66)82-47-49-20-24-51(25-21-49)65(74)84-56-32-28-54(29-33-56)78-38-13-7-9-15-40-80-63(72)5-2/h4-5,10-11,16-17,26-35,44-45,48-51H,1-2,6-9,12-15,18-25,36-43,46-47H2,3H3/b67-45+. The van der Waals surface area contributed by atoms with Crippen LogP contribution in [-0.4, -0.2) is 108 Å². The fourth-order valence-corrected chi connectivity index (χ4v) is 10.7. The minimum atomic E-state index is -0.404. The first-order valence-corrected chi connectivity index (χ1v) is 30.5. The molecule has 5 aromatic rings. The van der Waals surface area contributed by atoms with Gasteiger partial charge in [-0.2, -0.15) is 10.1 Å². The van der Waals surface area contributed by atoms with Crippen LogP contribution < -0.4 is 33.4 Å². The monoisotopic (exact) mass is 1190 g/mol. The predicted octanol–water partition coefficient (Wildman–Crippen LogP) is 12.6. The highest BCUT2D eigenvalue weighted by atomic mass is 32.1. The average molecular weight is 1190 g/mol. The lowest BCUT2D eigenvalue weighted by molar-refractivity contribution is -0.141. The lowest BCUT2D eigenvalue weighted by atomic mass is 9.82. The molecule has 0 radical (unpaired) electrons. The molecule has 7 rings (SSSR count). The number of thiazole rings is 1. The van der Waals surface area contributed by atoms with Gasteiger partial charge in [0.05, 0.1) is 94.1 Å². The first-order valence-electron chi connectivity index (χ1n) is 29.7. The minimum absolute atomic E-state index is 0.0640. The van der Waals surface area contributed by atoms with Crippen molar-refractivity contribution in [1.29, 1.82) is 0 Å². The molecule has 0 spiro atoms. The normalized spacial score (nSPS) is 16.7. The van der Waals surface area contributed by atoms with Crippen molar-refractivity contribution in [3.63, 3.8) is 0 Å². The van der Waals surface area contributed by atoms with Gasteiger partial charge in [0.25, 0.3) is 5.91 Å². The van der Waals surface area contributed by atoms with Crippen molar-refractivity contribution in [2.75, 3.05) is 71.6 Å². The number of anilines is 1. The van der Waals surface area contributed by atoms with E-state index in [2.05, 4.69) is 13.2 Å². The summed E-state index contributed by atoms with van der Waals surface area (Å²) in [7, 11) is 1.59. The largest absolute Gasteiger partial charge is 0.494 e. The summed E-state index contributed by atoms with van der Waals surface area (Å²) in [5.41, 5.74) is 1.35. The molecule has 18 nitrogen and oxygen atoms in total. The second kappa shape index (κ2) is 36.3. The fourth-order valence-electron chi connectivity index (χ4n) is 9.77. The van der Waals surface area contributed by atoms with E-state index in [0.717, 1.165) is 99.4 Å². The highest BCUT2D eigenvalue weighted by molar-refractivity contribution is 7.22. The van der Waals surface area contributed by atoms with E-state index in [-0.39, 0.29) is 54.5 Å². The number of rotatable bonds is 37. The van der Waals surface area contributed by atoms with Crippen LogP contribution in [0.15, 0.2) is 121 Å². The zero-order chi connectivity index (χ0) is 59.9. The highest BCUT2D eigenvalue weighted by Gasteiger charge is 2.30. The Morgan fingerprint density at radius 3 is 1.60 bits per heavy atom. The van der Waals surface area contributed by atoms with Gasteiger partial charge in [0.1, 0.15) is 34.5 Å². The molecule has 2 saturated carbocycles. The summed E-state index contributed by atoms with van der Waals surface area (Å²) in [6.07, 6.45) is 16.9. The lowest BCUT2D eigenvalue weighted by Crippen LogP contribution is -2.28. The van der Waals surface area contributed by atoms with Gasteiger partial charge in [-0.25, -0.2) is 14.6 Å². The number of methoxy groups -OCH3 is 1. The summed E-state index contributed by atoms with van der Waals surface area (Å²) in [5, 5.41) is 6.51. The van der Waals surface area contributed by atoms with Crippen molar-refractivity contribution in [2.24, 2.45) is 28.8 Å². The van der Waals surface area contributed by atoms with Crippen LogP contribution in [0, 0.1) is 23.7 Å². The fraction of sp³-hybridized carbons (Fsp3) is 0.470. The van der Waals surface area contributed by atoms with Gasteiger partial charge in [0, 0.05) is 24.8 Å². The number of hydrazone groups is 1. The maximum absolute atomic E-state index is 13.9. The van der Waals surface area contributed by atoms with Crippen molar-refractivity contribution < 1.29 is 71.3 Å². The molecule has 1 heterocycles. The Hall–Kier alpha value is -7.61. The Morgan fingerprint density at radius 2 is 1.07 bits per heavy atom. The molecule has 85 heavy (non-hydrogen) atoms. The maximum Gasteiger partial charge on any atom is 0.330 e. The van der Waals surface area contributed by atoms with Crippen LogP contribution in [0.25, 0.3) is 10.2 Å². The van der Waals surface area contributed by atoms with Gasteiger partial charge in [-0.05, 0) is 193 Å². The predicted molar refractivity (Wildman–Crippen MR) is 325 cm³/mol. The Morgan fingerprint density at radius 1 is 0.565 bits per heavy atom. The number of ether oxygens (including phenoxy) is 10. The second-order valence-corrected chi connectivity index (χ2v) is 22.1. The first-order chi connectivity index (χ1) is 41.6. The van der Waals surface area contributed by atoms with E-state index in [9.17, 15) is 24.0 Å². The maximum atomic E-state index is 13.9. The third kappa shape index (κ3) is 22.7. The van der Waals surface area contributed by atoms with Gasteiger partial charge < -0.3 is 47.4 Å². The smallest absolute Gasteiger partial charge is 0.330 e. The number of para-hydroxylation sites is 1. The van der Waals surface area contributed by atoms with Crippen molar-refractivity contribution in [3.8, 4) is 34.5 Å². The zero-order valence-corrected chi connectivity index (χ0v) is 49.7. The number of hydrogen-bond acceptors (Lipinski definition) is 18. The van der Waals surface area contributed by atoms with Gasteiger partial charge in [0.2, 0.25) is 5.13 Å². The first kappa shape index (κ1) is 64.9. The third-order valence-electron chi connectivity index (χ3n) is 14.7. The Kier molecular flexibility index (Phi) is 27.7. The molecule has 0 N–H and O–H groups in total. The SMILES string of the molecule is C=CC(=O)OCCCCCCOc1ccc(OC(=O)C2CCC(COc3ccc(OCC4CCC(C(=O)Oc5ccc(OCCCCCCOC(=O)C=C)cc5)CC4)c(/C=N/N(C(=O)CCOCCOC)c4nc5ccccc5s4)c3)CC2)cc1. The molecular formula is C66H81N3O15S. The van der Waals surface area contributed by atoms with Crippen LogP contribution in [0.4, 0.5) is 5.13 Å². The molecule has 2 aliphatic rings. The summed E-state index contributed by atoms with van der Waals surface area (Å²) in [6, 6.07) is 27.5. The van der Waals surface area contributed by atoms with Gasteiger partial charge in [-0.3, -0.25) is 14.4 Å². The van der Waals surface area contributed by atoms with Gasteiger partial charge >= 0.3 is 23.9 Å². The third-order valence-corrected chi connectivity index (χ3v) is 15.7. The quantitative estimate of drug-likeness (QED) is 0.00905. The second-order valence-electron chi connectivity index (χ2n) is 21.1. The van der Waals surface area contributed by atoms with Gasteiger partial charge in [-0.15, -0.1) is 0 Å². The summed E-state index contributed by atoms with van der Waals surface area (Å²) in [4.78, 5) is 67.6. The molecule has 2 fully saturated rings. The van der Waals surface area contributed by atoms with E-state index in [1.165, 1.54) is 16.3 Å². The number of esters is 4. The minimum Gasteiger partial charge on any atom is -0.494 e. The van der Waals surface area contributed by atoms with Crippen LogP contribution in [-0.2, 0) is 42.9 Å². The van der Waals surface area contributed by atoms with Crippen molar-refractivity contribution in [1.82, 2.24) is 4.98 Å².